The minimum absolute atomic E-state index is 0.698. The van der Waals surface area contributed by atoms with Crippen LogP contribution in [0.4, 0.5) is 0 Å². The number of aromatic nitrogens is 1. The van der Waals surface area contributed by atoms with E-state index in [1.807, 2.05) is 18.2 Å². The Labute approximate surface area is 87.5 Å². The van der Waals surface area contributed by atoms with Crippen LogP contribution in [0.3, 0.4) is 0 Å². The van der Waals surface area contributed by atoms with Crippen LogP contribution in [0.2, 0.25) is 0 Å². The van der Waals surface area contributed by atoms with Gasteiger partial charge in [-0.05, 0) is 12.1 Å². The molecule has 1 aromatic heterocycles. The molecule has 2 aromatic rings. The van der Waals surface area contributed by atoms with Crippen molar-refractivity contribution in [1.29, 1.82) is 0 Å². The molecule has 0 radical (unpaired) electrons. The van der Waals surface area contributed by atoms with Crippen molar-refractivity contribution in [2.75, 3.05) is 14.2 Å². The third-order valence-corrected chi connectivity index (χ3v) is 2.12. The largest absolute Gasteiger partial charge is 0.496 e. The Hall–Kier alpha value is -1.97. The predicted octanol–water partition coefficient (Wildman–Crippen LogP) is 2.36. The minimum atomic E-state index is 0.698. The Morgan fingerprint density at radius 2 is 1.80 bits per heavy atom. The standard InChI is InChI=1S/C11H11NO3/c1-13-9-4-3-5-10(14-2)11(9)8-6-15-7-12-8/h3-7H,1-2H3. The Bertz CT molecular complexity index is 415. The molecule has 0 aliphatic heterocycles. The SMILES string of the molecule is COc1cccc(OC)c1-c1cocn1. The van der Waals surface area contributed by atoms with Crippen LogP contribution in [0.5, 0.6) is 11.5 Å². The lowest BCUT2D eigenvalue weighted by atomic mass is 10.1. The van der Waals surface area contributed by atoms with Gasteiger partial charge in [0.05, 0.1) is 19.8 Å². The molecule has 0 spiro atoms. The van der Waals surface area contributed by atoms with E-state index in [0.717, 1.165) is 5.56 Å². The molecular weight excluding hydrogens is 194 g/mol. The molecule has 78 valence electrons. The van der Waals surface area contributed by atoms with Crippen LogP contribution >= 0.6 is 0 Å². The third kappa shape index (κ3) is 1.66. The van der Waals surface area contributed by atoms with Crippen molar-refractivity contribution in [3.63, 3.8) is 0 Å². The van der Waals surface area contributed by atoms with Crippen molar-refractivity contribution in [2.45, 2.75) is 0 Å². The lowest BCUT2D eigenvalue weighted by Gasteiger charge is -2.10. The first kappa shape index (κ1) is 9.58. The average molecular weight is 205 g/mol. The van der Waals surface area contributed by atoms with Gasteiger partial charge in [0.15, 0.2) is 6.39 Å². The van der Waals surface area contributed by atoms with Crippen molar-refractivity contribution in [3.05, 3.63) is 30.9 Å². The van der Waals surface area contributed by atoms with E-state index in [0.29, 0.717) is 17.2 Å². The Kier molecular flexibility index (Phi) is 2.58. The number of hydrogen-bond donors (Lipinski definition) is 0. The second kappa shape index (κ2) is 4.04. The molecule has 1 aromatic carbocycles. The number of rotatable bonds is 3. The highest BCUT2D eigenvalue weighted by Crippen LogP contribution is 2.36. The molecule has 0 aliphatic carbocycles. The van der Waals surface area contributed by atoms with Crippen LogP contribution in [-0.4, -0.2) is 19.2 Å². The summed E-state index contributed by atoms with van der Waals surface area (Å²) in [7, 11) is 3.22. The van der Waals surface area contributed by atoms with Gasteiger partial charge in [0.25, 0.3) is 0 Å². The van der Waals surface area contributed by atoms with E-state index in [4.69, 9.17) is 13.9 Å². The van der Waals surface area contributed by atoms with E-state index in [2.05, 4.69) is 4.98 Å². The quantitative estimate of drug-likeness (QED) is 0.771. The van der Waals surface area contributed by atoms with Gasteiger partial charge in [-0.15, -0.1) is 0 Å². The normalized spacial score (nSPS) is 10.0. The van der Waals surface area contributed by atoms with Gasteiger partial charge in [0.2, 0.25) is 0 Å². The molecule has 0 atom stereocenters. The van der Waals surface area contributed by atoms with E-state index < -0.39 is 0 Å². The van der Waals surface area contributed by atoms with E-state index >= 15 is 0 Å². The fourth-order valence-corrected chi connectivity index (χ4v) is 1.44. The van der Waals surface area contributed by atoms with E-state index in [1.165, 1.54) is 6.39 Å². The zero-order chi connectivity index (χ0) is 10.7. The molecule has 0 aliphatic rings. The third-order valence-electron chi connectivity index (χ3n) is 2.12. The fraction of sp³-hybridized carbons (Fsp3) is 0.182. The summed E-state index contributed by atoms with van der Waals surface area (Å²) in [6.07, 6.45) is 2.93. The number of ether oxygens (including phenoxy) is 2. The number of oxazole rings is 1. The van der Waals surface area contributed by atoms with Crippen molar-refractivity contribution < 1.29 is 13.9 Å². The number of methoxy groups -OCH3 is 2. The Morgan fingerprint density at radius 3 is 2.27 bits per heavy atom. The first-order chi connectivity index (χ1) is 7.36. The van der Waals surface area contributed by atoms with E-state index in [9.17, 15) is 0 Å². The van der Waals surface area contributed by atoms with Crippen LogP contribution in [0.25, 0.3) is 11.3 Å². The maximum atomic E-state index is 5.25. The Morgan fingerprint density at radius 1 is 1.13 bits per heavy atom. The van der Waals surface area contributed by atoms with Gasteiger partial charge >= 0.3 is 0 Å². The van der Waals surface area contributed by atoms with Crippen LogP contribution in [-0.2, 0) is 0 Å². The molecule has 0 saturated heterocycles. The summed E-state index contributed by atoms with van der Waals surface area (Å²) in [4.78, 5) is 4.08. The van der Waals surface area contributed by atoms with Gasteiger partial charge in [0.1, 0.15) is 23.5 Å². The lowest BCUT2D eigenvalue weighted by molar-refractivity contribution is 0.397. The number of nitrogens with zero attached hydrogens (tertiary/aromatic N) is 1. The molecule has 0 unspecified atom stereocenters. The van der Waals surface area contributed by atoms with Crippen LogP contribution in [0.15, 0.2) is 35.3 Å². The molecule has 15 heavy (non-hydrogen) atoms. The van der Waals surface area contributed by atoms with Crippen molar-refractivity contribution in [3.8, 4) is 22.8 Å². The molecule has 0 saturated carbocycles. The molecule has 0 bridgehead atoms. The van der Waals surface area contributed by atoms with Crippen LogP contribution < -0.4 is 9.47 Å². The van der Waals surface area contributed by atoms with Crippen molar-refractivity contribution in [1.82, 2.24) is 4.98 Å². The summed E-state index contributed by atoms with van der Waals surface area (Å²) >= 11 is 0. The Balaban J connectivity index is 2.61. The minimum Gasteiger partial charge on any atom is -0.496 e. The monoisotopic (exact) mass is 205 g/mol. The fourth-order valence-electron chi connectivity index (χ4n) is 1.44. The first-order valence-corrected chi connectivity index (χ1v) is 4.46. The highest BCUT2D eigenvalue weighted by atomic mass is 16.5. The van der Waals surface area contributed by atoms with Gasteiger partial charge in [-0.2, -0.15) is 0 Å². The molecular formula is C11H11NO3. The van der Waals surface area contributed by atoms with Gasteiger partial charge in [-0.25, -0.2) is 4.98 Å². The maximum Gasteiger partial charge on any atom is 0.181 e. The highest BCUT2D eigenvalue weighted by Gasteiger charge is 2.13. The van der Waals surface area contributed by atoms with Crippen LogP contribution in [0.1, 0.15) is 0 Å². The second-order valence-electron chi connectivity index (χ2n) is 2.91. The number of hydrogen-bond acceptors (Lipinski definition) is 4. The van der Waals surface area contributed by atoms with Gasteiger partial charge in [-0.1, -0.05) is 6.07 Å². The molecule has 0 N–H and O–H groups in total. The highest BCUT2D eigenvalue weighted by molar-refractivity contribution is 5.73. The zero-order valence-electron chi connectivity index (χ0n) is 8.56. The van der Waals surface area contributed by atoms with E-state index in [-0.39, 0.29) is 0 Å². The molecule has 4 heteroatoms. The predicted molar refractivity (Wildman–Crippen MR) is 55.0 cm³/mol. The lowest BCUT2D eigenvalue weighted by Crippen LogP contribution is -1.92. The van der Waals surface area contributed by atoms with Crippen molar-refractivity contribution >= 4 is 0 Å². The van der Waals surface area contributed by atoms with Crippen LogP contribution in [0, 0.1) is 0 Å². The molecule has 0 amide bonds. The number of benzene rings is 1. The summed E-state index contributed by atoms with van der Waals surface area (Å²) in [6.45, 7) is 0. The summed E-state index contributed by atoms with van der Waals surface area (Å²) in [6, 6.07) is 5.57. The maximum absolute atomic E-state index is 5.25. The van der Waals surface area contributed by atoms with Gasteiger partial charge < -0.3 is 13.9 Å². The molecule has 1 heterocycles. The molecule has 4 nitrogen and oxygen atoms in total. The second-order valence-corrected chi connectivity index (χ2v) is 2.91. The summed E-state index contributed by atoms with van der Waals surface area (Å²) < 4.78 is 15.4. The topological polar surface area (TPSA) is 44.5 Å². The summed E-state index contributed by atoms with van der Waals surface area (Å²) in [5.74, 6) is 1.42. The average Bonchev–Trinajstić information content (AvgIpc) is 2.81. The summed E-state index contributed by atoms with van der Waals surface area (Å²) in [5, 5.41) is 0. The molecule has 2 rings (SSSR count). The van der Waals surface area contributed by atoms with Gasteiger partial charge in [0, 0.05) is 0 Å². The van der Waals surface area contributed by atoms with Gasteiger partial charge in [-0.3, -0.25) is 0 Å². The van der Waals surface area contributed by atoms with Crippen molar-refractivity contribution in [2.24, 2.45) is 0 Å². The first-order valence-electron chi connectivity index (χ1n) is 4.46. The zero-order valence-corrected chi connectivity index (χ0v) is 8.56. The smallest absolute Gasteiger partial charge is 0.181 e. The van der Waals surface area contributed by atoms with E-state index in [1.54, 1.807) is 20.5 Å². The molecule has 0 fully saturated rings. The summed E-state index contributed by atoms with van der Waals surface area (Å²) in [5.41, 5.74) is 1.50.